The van der Waals surface area contributed by atoms with E-state index in [0.717, 1.165) is 36.8 Å². The van der Waals surface area contributed by atoms with Crippen LogP contribution >= 0.6 is 0 Å². The number of fused-ring (bicyclic) bond motifs is 1. The molecule has 1 aromatic rings. The first-order chi connectivity index (χ1) is 11.6. The van der Waals surface area contributed by atoms with Gasteiger partial charge in [-0.2, -0.15) is 0 Å². The van der Waals surface area contributed by atoms with Gasteiger partial charge in [-0.3, -0.25) is 14.8 Å². The van der Waals surface area contributed by atoms with Crippen molar-refractivity contribution in [1.29, 1.82) is 0 Å². The Morgan fingerprint density at radius 1 is 1.17 bits per heavy atom. The number of hydrogen-bond donors (Lipinski definition) is 5. The molecule has 0 aliphatic carbocycles. The van der Waals surface area contributed by atoms with Crippen LogP contribution < -0.4 is 16.1 Å². The summed E-state index contributed by atoms with van der Waals surface area (Å²) in [6, 6.07) is 5.01. The highest BCUT2D eigenvalue weighted by atomic mass is 16.5. The van der Waals surface area contributed by atoms with Crippen LogP contribution in [0.25, 0.3) is 0 Å². The Kier molecular flexibility index (Phi) is 7.02. The van der Waals surface area contributed by atoms with E-state index in [2.05, 4.69) is 10.6 Å². The van der Waals surface area contributed by atoms with Gasteiger partial charge in [-0.15, -0.1) is 0 Å². The molecule has 132 valence electrons. The molecule has 0 bridgehead atoms. The van der Waals surface area contributed by atoms with Crippen molar-refractivity contribution in [1.82, 2.24) is 16.1 Å². The first kappa shape index (κ1) is 18.2. The van der Waals surface area contributed by atoms with Gasteiger partial charge in [-0.1, -0.05) is 18.9 Å². The predicted octanol–water partition coefficient (Wildman–Crippen LogP) is 0.979. The first-order valence-electron chi connectivity index (χ1n) is 8.35. The van der Waals surface area contributed by atoms with Crippen molar-refractivity contribution in [3.05, 3.63) is 29.3 Å². The molecule has 7 heteroatoms. The molecule has 5 N–H and O–H groups in total. The number of hydroxylamine groups is 1. The van der Waals surface area contributed by atoms with Crippen LogP contribution in [0.3, 0.4) is 0 Å². The van der Waals surface area contributed by atoms with Gasteiger partial charge in [0.25, 0.3) is 0 Å². The number of phenols is 1. The fourth-order valence-corrected chi connectivity index (χ4v) is 2.84. The monoisotopic (exact) mass is 335 g/mol. The van der Waals surface area contributed by atoms with Crippen molar-refractivity contribution in [2.75, 3.05) is 6.54 Å². The fraction of sp³-hybridized carbons (Fsp3) is 0.529. The maximum absolute atomic E-state index is 12.2. The molecule has 24 heavy (non-hydrogen) atoms. The summed E-state index contributed by atoms with van der Waals surface area (Å²) in [7, 11) is 0. The Bertz CT molecular complexity index is 577. The van der Waals surface area contributed by atoms with Crippen LogP contribution in [0.15, 0.2) is 18.2 Å². The van der Waals surface area contributed by atoms with Gasteiger partial charge < -0.3 is 15.7 Å². The van der Waals surface area contributed by atoms with E-state index in [9.17, 15) is 14.7 Å². The third-order valence-corrected chi connectivity index (χ3v) is 4.22. The molecule has 0 saturated carbocycles. The lowest BCUT2D eigenvalue weighted by Crippen LogP contribution is -2.47. The summed E-state index contributed by atoms with van der Waals surface area (Å²) in [5.41, 5.74) is 3.74. The molecule has 0 radical (unpaired) electrons. The minimum Gasteiger partial charge on any atom is -0.508 e. The van der Waals surface area contributed by atoms with Gasteiger partial charge in [0, 0.05) is 19.5 Å². The van der Waals surface area contributed by atoms with E-state index in [0.29, 0.717) is 25.9 Å². The standard InChI is InChI=1S/C17H25N3O4/c21-14-7-6-12-10-15(19-11-13(12)9-14)17(23)18-8-4-2-1-3-5-16(22)20-24/h6-7,9,15,19,21,24H,1-5,8,10-11H2,(H,18,23)(H,20,22)/t15-/m0/s1. The van der Waals surface area contributed by atoms with Crippen LogP contribution in [0.4, 0.5) is 0 Å². The van der Waals surface area contributed by atoms with E-state index < -0.39 is 0 Å². The minimum absolute atomic E-state index is 0.00613. The van der Waals surface area contributed by atoms with Crippen LogP contribution in [-0.2, 0) is 22.6 Å². The van der Waals surface area contributed by atoms with E-state index in [-0.39, 0.29) is 23.6 Å². The smallest absolute Gasteiger partial charge is 0.243 e. The minimum atomic E-state index is -0.361. The summed E-state index contributed by atoms with van der Waals surface area (Å²) >= 11 is 0. The molecule has 1 heterocycles. The molecular formula is C17H25N3O4. The van der Waals surface area contributed by atoms with Crippen molar-refractivity contribution in [3.63, 3.8) is 0 Å². The summed E-state index contributed by atoms with van der Waals surface area (Å²) in [6.07, 6.45) is 4.36. The van der Waals surface area contributed by atoms with Gasteiger partial charge in [0.2, 0.25) is 11.8 Å². The molecule has 1 aliphatic rings. The summed E-state index contributed by atoms with van der Waals surface area (Å²) in [5, 5.41) is 24.0. The van der Waals surface area contributed by atoms with Gasteiger partial charge in [-0.05, 0) is 42.5 Å². The number of carbonyl (C=O) groups excluding carboxylic acids is 2. The molecule has 0 saturated heterocycles. The summed E-state index contributed by atoms with van der Waals surface area (Å²) in [5.74, 6) is -0.122. The molecule has 0 spiro atoms. The number of benzene rings is 1. The molecule has 2 rings (SSSR count). The molecule has 1 aromatic carbocycles. The third kappa shape index (κ3) is 5.50. The molecule has 1 atom stereocenters. The Balaban J connectivity index is 1.62. The van der Waals surface area contributed by atoms with Gasteiger partial charge in [0.15, 0.2) is 0 Å². The van der Waals surface area contributed by atoms with Gasteiger partial charge in [0.1, 0.15) is 5.75 Å². The number of unbranched alkanes of at least 4 members (excludes halogenated alkanes) is 3. The number of hydrogen-bond acceptors (Lipinski definition) is 5. The zero-order valence-corrected chi connectivity index (χ0v) is 13.7. The topological polar surface area (TPSA) is 111 Å². The molecule has 2 amide bonds. The van der Waals surface area contributed by atoms with E-state index in [4.69, 9.17) is 5.21 Å². The quantitative estimate of drug-likeness (QED) is 0.276. The summed E-state index contributed by atoms with van der Waals surface area (Å²) in [4.78, 5) is 23.0. The van der Waals surface area contributed by atoms with Crippen LogP contribution in [0, 0.1) is 0 Å². The molecule has 0 aromatic heterocycles. The summed E-state index contributed by atoms with van der Waals surface area (Å²) in [6.45, 7) is 1.19. The number of aromatic hydroxyl groups is 1. The number of rotatable bonds is 8. The van der Waals surface area contributed by atoms with Crippen LogP contribution in [0.5, 0.6) is 5.75 Å². The number of nitrogens with one attached hydrogen (secondary N) is 3. The highest BCUT2D eigenvalue weighted by Crippen LogP contribution is 2.21. The molecule has 7 nitrogen and oxygen atoms in total. The van der Waals surface area contributed by atoms with Crippen molar-refractivity contribution >= 4 is 11.8 Å². The first-order valence-corrected chi connectivity index (χ1v) is 8.35. The maximum atomic E-state index is 12.2. The maximum Gasteiger partial charge on any atom is 0.243 e. The number of carbonyl (C=O) groups is 2. The van der Waals surface area contributed by atoms with Crippen molar-refractivity contribution in [2.24, 2.45) is 0 Å². The van der Waals surface area contributed by atoms with Gasteiger partial charge >= 0.3 is 0 Å². The Morgan fingerprint density at radius 2 is 1.96 bits per heavy atom. The van der Waals surface area contributed by atoms with Gasteiger partial charge in [0.05, 0.1) is 6.04 Å². The van der Waals surface area contributed by atoms with Crippen LogP contribution in [0.1, 0.15) is 43.2 Å². The summed E-state index contributed by atoms with van der Waals surface area (Å²) < 4.78 is 0. The molecule has 0 fully saturated rings. The third-order valence-electron chi connectivity index (χ3n) is 4.22. The SMILES string of the molecule is O=C(CCCCCCNC(=O)[C@@H]1Cc2ccc(O)cc2CN1)NO. The lowest BCUT2D eigenvalue weighted by Gasteiger charge is -2.25. The van der Waals surface area contributed by atoms with E-state index in [1.807, 2.05) is 6.07 Å². The number of phenolic OH excluding ortho intramolecular Hbond substituents is 1. The van der Waals surface area contributed by atoms with Gasteiger partial charge in [-0.25, -0.2) is 5.48 Å². The Labute approximate surface area is 141 Å². The lowest BCUT2D eigenvalue weighted by atomic mass is 9.95. The van der Waals surface area contributed by atoms with Crippen LogP contribution in [-0.4, -0.2) is 34.7 Å². The molecule has 1 aliphatic heterocycles. The Hall–Kier alpha value is -2.12. The molecule has 0 unspecified atom stereocenters. The van der Waals surface area contributed by atoms with Crippen LogP contribution in [0.2, 0.25) is 0 Å². The van der Waals surface area contributed by atoms with Crippen molar-refractivity contribution in [2.45, 2.75) is 51.1 Å². The lowest BCUT2D eigenvalue weighted by molar-refractivity contribution is -0.129. The van der Waals surface area contributed by atoms with Crippen molar-refractivity contribution in [3.8, 4) is 5.75 Å². The zero-order valence-electron chi connectivity index (χ0n) is 13.7. The zero-order chi connectivity index (χ0) is 17.4. The fourth-order valence-electron chi connectivity index (χ4n) is 2.84. The second-order valence-corrected chi connectivity index (χ2v) is 6.08. The van der Waals surface area contributed by atoms with E-state index in [1.54, 1.807) is 17.6 Å². The van der Waals surface area contributed by atoms with E-state index >= 15 is 0 Å². The number of amides is 2. The average molecular weight is 335 g/mol. The highest BCUT2D eigenvalue weighted by Gasteiger charge is 2.23. The van der Waals surface area contributed by atoms with E-state index in [1.165, 1.54) is 0 Å². The van der Waals surface area contributed by atoms with Crippen molar-refractivity contribution < 1.29 is 19.9 Å². The Morgan fingerprint density at radius 3 is 2.75 bits per heavy atom. The second-order valence-electron chi connectivity index (χ2n) is 6.08. The second kappa shape index (κ2) is 9.24. The predicted molar refractivity (Wildman–Crippen MR) is 88.5 cm³/mol. The molecular weight excluding hydrogens is 310 g/mol. The average Bonchev–Trinajstić information content (AvgIpc) is 2.59. The normalized spacial score (nSPS) is 16.3. The highest BCUT2D eigenvalue weighted by molar-refractivity contribution is 5.82. The largest absolute Gasteiger partial charge is 0.508 e.